The van der Waals surface area contributed by atoms with Gasteiger partial charge in [0.05, 0.1) is 21.3 Å². The molecule has 0 bridgehead atoms. The summed E-state index contributed by atoms with van der Waals surface area (Å²) >= 11 is 7.06. The molecule has 0 amide bonds. The molecule has 3 aromatic heterocycles. The zero-order valence-corrected chi connectivity index (χ0v) is 21.1. The number of fused-ring (bicyclic) bond motifs is 1. The Balaban J connectivity index is 1.46. The lowest BCUT2D eigenvalue weighted by Crippen LogP contribution is -2.29. The van der Waals surface area contributed by atoms with Gasteiger partial charge in [0.25, 0.3) is 5.56 Å². The molecule has 0 saturated heterocycles. The second-order valence-electron chi connectivity index (χ2n) is 8.54. The number of esters is 1. The van der Waals surface area contributed by atoms with Crippen molar-refractivity contribution in [3.63, 3.8) is 0 Å². The fraction of sp³-hybridized carbons (Fsp3) is 0.261. The number of benzene rings is 1. The Morgan fingerprint density at radius 1 is 1.32 bits per heavy atom. The maximum atomic E-state index is 15.2. The van der Waals surface area contributed by atoms with Crippen LogP contribution in [0.3, 0.4) is 0 Å². The number of thiazole rings is 1. The highest BCUT2D eigenvalue weighted by Gasteiger charge is 2.36. The predicted octanol–water partition coefficient (Wildman–Crippen LogP) is 3.11. The summed E-state index contributed by atoms with van der Waals surface area (Å²) in [7, 11) is 0. The molecule has 2 N–H and O–H groups in total. The van der Waals surface area contributed by atoms with Crippen molar-refractivity contribution >= 4 is 39.8 Å². The summed E-state index contributed by atoms with van der Waals surface area (Å²) in [5.74, 6) is -2.12. The number of nitrogens with zero attached hydrogens (tertiary/aromatic N) is 6. The van der Waals surface area contributed by atoms with Gasteiger partial charge < -0.3 is 10.5 Å². The number of aryl methyl sites for hydroxylation is 1. The quantitative estimate of drug-likeness (QED) is 0.286. The molecule has 0 fully saturated rings. The number of pyridine rings is 1. The summed E-state index contributed by atoms with van der Waals surface area (Å²) in [5, 5.41) is 11.1. The summed E-state index contributed by atoms with van der Waals surface area (Å²) in [6.45, 7) is 2.98. The van der Waals surface area contributed by atoms with Crippen LogP contribution in [0.4, 0.5) is 9.52 Å². The van der Waals surface area contributed by atoms with Crippen LogP contribution < -0.4 is 11.3 Å². The van der Waals surface area contributed by atoms with Gasteiger partial charge in [-0.15, -0.1) is 5.10 Å². The van der Waals surface area contributed by atoms with Crippen LogP contribution in [0, 0.1) is 12.7 Å². The van der Waals surface area contributed by atoms with E-state index in [0.717, 1.165) is 11.3 Å². The Kier molecular flexibility index (Phi) is 6.33. The maximum absolute atomic E-state index is 15.2. The molecule has 4 heterocycles. The number of carbonyl (C=O) groups excluding carboxylic acids is 2. The topological polar surface area (TPSA) is 148 Å². The van der Waals surface area contributed by atoms with E-state index in [1.54, 1.807) is 19.1 Å². The van der Waals surface area contributed by atoms with Gasteiger partial charge in [-0.2, -0.15) is 4.68 Å². The minimum atomic E-state index is -0.935. The highest BCUT2D eigenvalue weighted by molar-refractivity contribution is 7.17. The van der Waals surface area contributed by atoms with Crippen LogP contribution in [0.25, 0.3) is 16.8 Å². The molecule has 11 nitrogen and oxygen atoms in total. The first-order valence-corrected chi connectivity index (χ1v) is 12.3. The number of hydrogen-bond acceptors (Lipinski definition) is 10. The van der Waals surface area contributed by atoms with Gasteiger partial charge in [0.2, 0.25) is 5.78 Å². The fourth-order valence-corrected chi connectivity index (χ4v) is 5.39. The van der Waals surface area contributed by atoms with E-state index in [9.17, 15) is 14.4 Å². The van der Waals surface area contributed by atoms with E-state index in [1.807, 2.05) is 6.92 Å². The van der Waals surface area contributed by atoms with E-state index in [1.165, 1.54) is 27.7 Å². The van der Waals surface area contributed by atoms with Crippen molar-refractivity contribution in [1.82, 2.24) is 29.8 Å². The number of rotatable bonds is 6. The molecule has 1 aliphatic heterocycles. The minimum Gasteiger partial charge on any atom is -0.456 e. The van der Waals surface area contributed by atoms with Crippen LogP contribution in [-0.2, 0) is 9.53 Å². The SMILES string of the molecule is Cc1nc(N)sc1C(=O)COC(=O)[C@@H]1C[C@H](C)c2cc(-c3c(-n4cnnn4)ccc(Cl)c3F)cc(=O)n21. The molecule has 4 aromatic rings. The van der Waals surface area contributed by atoms with E-state index in [4.69, 9.17) is 22.1 Å². The highest BCUT2D eigenvalue weighted by Crippen LogP contribution is 2.39. The summed E-state index contributed by atoms with van der Waals surface area (Å²) in [4.78, 5) is 42.9. The minimum absolute atomic E-state index is 0.0447. The predicted molar refractivity (Wildman–Crippen MR) is 132 cm³/mol. The number of anilines is 1. The number of ketones is 1. The number of carbonyl (C=O) groups is 2. The Hall–Kier alpha value is -3.97. The van der Waals surface area contributed by atoms with Gasteiger partial charge in [-0.25, -0.2) is 14.2 Å². The average Bonchev–Trinajstić information content (AvgIpc) is 3.58. The smallest absolute Gasteiger partial charge is 0.329 e. The summed E-state index contributed by atoms with van der Waals surface area (Å²) in [6, 6.07) is 4.84. The van der Waals surface area contributed by atoms with Crippen molar-refractivity contribution in [2.24, 2.45) is 0 Å². The molecule has 0 radical (unpaired) electrons. The lowest BCUT2D eigenvalue weighted by Gasteiger charge is -2.16. The van der Waals surface area contributed by atoms with Crippen LogP contribution in [0.5, 0.6) is 0 Å². The number of Topliss-reactive ketones (excluding diaryl/α,β-unsaturated/α-hetero) is 1. The van der Waals surface area contributed by atoms with E-state index in [0.29, 0.717) is 16.3 Å². The summed E-state index contributed by atoms with van der Waals surface area (Å²) in [6.07, 6.45) is 1.57. The molecule has 0 unspecified atom stereocenters. The van der Waals surface area contributed by atoms with Gasteiger partial charge in [-0.05, 0) is 53.5 Å². The van der Waals surface area contributed by atoms with Crippen molar-refractivity contribution in [2.45, 2.75) is 32.2 Å². The van der Waals surface area contributed by atoms with Crippen molar-refractivity contribution in [2.75, 3.05) is 12.3 Å². The third-order valence-electron chi connectivity index (χ3n) is 6.13. The van der Waals surface area contributed by atoms with Crippen LogP contribution in [-0.4, -0.2) is 48.1 Å². The Labute approximate surface area is 217 Å². The largest absolute Gasteiger partial charge is 0.456 e. The zero-order valence-electron chi connectivity index (χ0n) is 19.5. The first-order valence-electron chi connectivity index (χ1n) is 11.1. The lowest BCUT2D eigenvalue weighted by atomic mass is 9.99. The normalized spacial score (nSPS) is 16.5. The monoisotopic (exact) mass is 543 g/mol. The van der Waals surface area contributed by atoms with Crippen LogP contribution >= 0.6 is 22.9 Å². The van der Waals surface area contributed by atoms with Crippen LogP contribution in [0.2, 0.25) is 5.02 Å². The second kappa shape index (κ2) is 9.48. The lowest BCUT2D eigenvalue weighted by molar-refractivity contribution is -0.146. The van der Waals surface area contributed by atoms with E-state index >= 15 is 4.39 Å². The number of nitrogen functional groups attached to an aromatic ring is 1. The van der Waals surface area contributed by atoms with Crippen molar-refractivity contribution in [1.29, 1.82) is 0 Å². The van der Waals surface area contributed by atoms with Gasteiger partial charge in [-0.3, -0.25) is 14.2 Å². The second-order valence-corrected chi connectivity index (χ2v) is 9.97. The van der Waals surface area contributed by atoms with Crippen molar-refractivity contribution in [3.05, 3.63) is 68.1 Å². The number of hydrogen-bond donors (Lipinski definition) is 1. The zero-order chi connectivity index (χ0) is 26.4. The molecule has 2 atom stereocenters. The number of nitrogens with two attached hydrogens (primary N) is 1. The molecule has 1 aliphatic rings. The number of ether oxygens (including phenoxy) is 1. The van der Waals surface area contributed by atoms with Crippen LogP contribution in [0.15, 0.2) is 35.4 Å². The first kappa shape index (κ1) is 24.7. The van der Waals surface area contributed by atoms with Gasteiger partial charge in [0.1, 0.15) is 12.4 Å². The van der Waals surface area contributed by atoms with E-state index in [-0.39, 0.29) is 39.3 Å². The van der Waals surface area contributed by atoms with Crippen molar-refractivity contribution < 1.29 is 18.7 Å². The number of halogens is 2. The molecule has 0 spiro atoms. The van der Waals surface area contributed by atoms with Gasteiger partial charge in [-0.1, -0.05) is 29.9 Å². The molecule has 1 aromatic carbocycles. The average molecular weight is 544 g/mol. The molecule has 190 valence electrons. The standard InChI is InChI=1S/C23H19ClFN7O4S/c1-10-5-16(22(35)36-8-17(33)21-11(2)28-23(26)37-21)32-15(10)6-12(7-18(32)34)19-14(31-9-27-29-30-31)4-3-13(24)20(19)25/h3-4,6-7,9-10,16H,5,8H2,1-2H3,(H2,26,28)/t10-,16-/m0/s1. The summed E-state index contributed by atoms with van der Waals surface area (Å²) in [5.41, 5.74) is 6.67. The molecule has 5 rings (SSSR count). The third kappa shape index (κ3) is 4.40. The van der Waals surface area contributed by atoms with E-state index < -0.39 is 35.8 Å². The Morgan fingerprint density at radius 2 is 2.11 bits per heavy atom. The van der Waals surface area contributed by atoms with Crippen molar-refractivity contribution in [3.8, 4) is 16.8 Å². The maximum Gasteiger partial charge on any atom is 0.329 e. The van der Waals surface area contributed by atoms with Gasteiger partial charge >= 0.3 is 5.97 Å². The third-order valence-corrected chi connectivity index (χ3v) is 7.45. The molecule has 37 heavy (non-hydrogen) atoms. The van der Waals surface area contributed by atoms with Gasteiger partial charge in [0.15, 0.2) is 17.6 Å². The molecular formula is C23H19ClFN7O4S. The Bertz CT molecular complexity index is 1600. The Morgan fingerprint density at radius 3 is 2.78 bits per heavy atom. The molecule has 0 saturated carbocycles. The van der Waals surface area contributed by atoms with Crippen LogP contribution in [0.1, 0.15) is 46.4 Å². The molecule has 0 aliphatic carbocycles. The number of tetrazole rings is 1. The molecule has 14 heteroatoms. The highest BCUT2D eigenvalue weighted by atomic mass is 35.5. The first-order chi connectivity index (χ1) is 17.7. The number of aromatic nitrogens is 6. The van der Waals surface area contributed by atoms with E-state index in [2.05, 4.69) is 20.5 Å². The molecular weight excluding hydrogens is 525 g/mol. The van der Waals surface area contributed by atoms with Gasteiger partial charge in [0, 0.05) is 17.3 Å². The fourth-order valence-electron chi connectivity index (χ4n) is 4.47. The summed E-state index contributed by atoms with van der Waals surface area (Å²) < 4.78 is 23.1.